The minimum absolute atomic E-state index is 0.0847. The maximum Gasteiger partial charge on any atom is 0.233 e. The van der Waals surface area contributed by atoms with Gasteiger partial charge in [-0.2, -0.15) is 0 Å². The molecule has 2 aliphatic carbocycles. The monoisotopic (exact) mass is 428 g/mol. The largest absolute Gasteiger partial charge is 0.493 e. The van der Waals surface area contributed by atoms with Gasteiger partial charge in [-0.25, -0.2) is 0 Å². The van der Waals surface area contributed by atoms with E-state index in [1.807, 2.05) is 12.1 Å². The molecule has 1 saturated carbocycles. The Morgan fingerprint density at radius 1 is 1.00 bits per heavy atom. The number of methoxy groups -OCH3 is 3. The zero-order chi connectivity index (χ0) is 22.1. The zero-order valence-electron chi connectivity index (χ0n) is 18.1. The van der Waals surface area contributed by atoms with E-state index in [4.69, 9.17) is 14.2 Å². The van der Waals surface area contributed by atoms with Crippen LogP contribution in [0.25, 0.3) is 0 Å². The van der Waals surface area contributed by atoms with Gasteiger partial charge in [0.15, 0.2) is 11.5 Å². The van der Waals surface area contributed by atoms with Gasteiger partial charge in [0.25, 0.3) is 0 Å². The topological polar surface area (TPSA) is 94.2 Å². The number of amides is 3. The predicted molar refractivity (Wildman–Crippen MR) is 112 cm³/mol. The average Bonchev–Trinajstić information content (AvgIpc) is 3.46. The van der Waals surface area contributed by atoms with Crippen LogP contribution in [0.4, 0.5) is 0 Å². The van der Waals surface area contributed by atoms with Gasteiger partial charge in [-0.05, 0) is 42.4 Å². The number of ether oxygens (including phenoxy) is 3. The lowest BCUT2D eigenvalue weighted by atomic mass is 9.85. The lowest BCUT2D eigenvalue weighted by Gasteiger charge is -2.17. The molecule has 4 rings (SSSR count). The molecule has 3 amide bonds. The summed E-state index contributed by atoms with van der Waals surface area (Å²) in [6, 6.07) is 3.63. The van der Waals surface area contributed by atoms with Gasteiger partial charge in [-0.3, -0.25) is 19.3 Å². The Kier molecular flexibility index (Phi) is 5.89. The first-order valence-electron chi connectivity index (χ1n) is 10.6. The average molecular weight is 428 g/mol. The molecule has 4 atom stereocenters. The van der Waals surface area contributed by atoms with E-state index >= 15 is 0 Å². The highest BCUT2D eigenvalue weighted by Crippen LogP contribution is 2.52. The van der Waals surface area contributed by atoms with Crippen molar-refractivity contribution in [1.29, 1.82) is 0 Å². The molecule has 31 heavy (non-hydrogen) atoms. The molecule has 1 heterocycles. The Bertz CT molecular complexity index is 872. The SMILES string of the molecule is COc1cc(CCC(=O)NCCN2C(=O)[C@@H]3[C@H](C2=O)[C@H]2C=C[C@H]3C2)cc(OC)c1OC. The Morgan fingerprint density at radius 3 is 2.10 bits per heavy atom. The van der Waals surface area contributed by atoms with E-state index in [1.54, 1.807) is 14.2 Å². The molecule has 166 valence electrons. The summed E-state index contributed by atoms with van der Waals surface area (Å²) in [5, 5.41) is 2.82. The number of likely N-dealkylation sites (tertiary alicyclic amines) is 1. The molecule has 1 aromatic carbocycles. The molecule has 8 nitrogen and oxygen atoms in total. The second kappa shape index (κ2) is 8.61. The summed E-state index contributed by atoms with van der Waals surface area (Å²) in [5.41, 5.74) is 0.880. The van der Waals surface area contributed by atoms with Gasteiger partial charge in [0.2, 0.25) is 23.5 Å². The maximum atomic E-state index is 12.7. The molecule has 0 aromatic heterocycles. The Balaban J connectivity index is 1.27. The van der Waals surface area contributed by atoms with Crippen molar-refractivity contribution < 1.29 is 28.6 Å². The van der Waals surface area contributed by atoms with Gasteiger partial charge < -0.3 is 19.5 Å². The highest BCUT2D eigenvalue weighted by atomic mass is 16.5. The van der Waals surface area contributed by atoms with Crippen LogP contribution in [0.1, 0.15) is 18.4 Å². The van der Waals surface area contributed by atoms with Gasteiger partial charge in [0.1, 0.15) is 0 Å². The highest BCUT2D eigenvalue weighted by Gasteiger charge is 2.58. The first kappa shape index (κ1) is 21.2. The van der Waals surface area contributed by atoms with Crippen LogP contribution in [-0.2, 0) is 20.8 Å². The summed E-state index contributed by atoms with van der Waals surface area (Å²) in [7, 11) is 4.63. The second-order valence-electron chi connectivity index (χ2n) is 8.21. The number of rotatable bonds is 9. The lowest BCUT2D eigenvalue weighted by molar-refractivity contribution is -0.141. The number of nitrogens with one attached hydrogen (secondary N) is 1. The first-order valence-corrected chi connectivity index (χ1v) is 10.6. The fourth-order valence-electron chi connectivity index (χ4n) is 5.12. The normalized spacial score (nSPS) is 25.7. The third-order valence-corrected chi connectivity index (χ3v) is 6.58. The highest BCUT2D eigenvalue weighted by molar-refractivity contribution is 6.06. The Hall–Kier alpha value is -3.03. The number of carbonyl (C=O) groups excluding carboxylic acids is 3. The zero-order valence-corrected chi connectivity index (χ0v) is 18.1. The van der Waals surface area contributed by atoms with Crippen molar-refractivity contribution in [3.63, 3.8) is 0 Å². The van der Waals surface area contributed by atoms with Crippen molar-refractivity contribution in [3.8, 4) is 17.2 Å². The first-order chi connectivity index (χ1) is 15.0. The molecular weight excluding hydrogens is 400 g/mol. The summed E-state index contributed by atoms with van der Waals surface area (Å²) >= 11 is 0. The quantitative estimate of drug-likeness (QED) is 0.474. The number of fused-ring (bicyclic) bond motifs is 5. The predicted octanol–water partition coefficient (Wildman–Crippen LogP) is 1.57. The minimum atomic E-state index is -0.196. The molecule has 1 N–H and O–H groups in total. The number of nitrogens with zero attached hydrogens (tertiary/aromatic N) is 1. The number of hydrogen-bond donors (Lipinski definition) is 1. The van der Waals surface area contributed by atoms with E-state index in [2.05, 4.69) is 17.5 Å². The molecule has 0 radical (unpaired) electrons. The van der Waals surface area contributed by atoms with Crippen LogP contribution in [0, 0.1) is 23.7 Å². The van der Waals surface area contributed by atoms with Gasteiger partial charge in [0.05, 0.1) is 33.2 Å². The number of imide groups is 1. The summed E-state index contributed by atoms with van der Waals surface area (Å²) in [4.78, 5) is 39.0. The summed E-state index contributed by atoms with van der Waals surface area (Å²) in [5.74, 6) is 1.28. The number of hydrogen-bond acceptors (Lipinski definition) is 6. The molecule has 0 spiro atoms. The van der Waals surface area contributed by atoms with Crippen LogP contribution in [0.15, 0.2) is 24.3 Å². The number of aryl methyl sites for hydroxylation is 1. The molecule has 2 fully saturated rings. The van der Waals surface area contributed by atoms with Crippen LogP contribution < -0.4 is 19.5 Å². The summed E-state index contributed by atoms with van der Waals surface area (Å²) in [6.45, 7) is 0.480. The van der Waals surface area contributed by atoms with Gasteiger partial charge in [-0.1, -0.05) is 12.2 Å². The smallest absolute Gasteiger partial charge is 0.233 e. The van der Waals surface area contributed by atoms with Crippen LogP contribution >= 0.6 is 0 Å². The van der Waals surface area contributed by atoms with Crippen LogP contribution in [0.2, 0.25) is 0 Å². The van der Waals surface area contributed by atoms with E-state index in [-0.39, 0.29) is 60.9 Å². The number of carbonyl (C=O) groups is 3. The number of benzene rings is 1. The fourth-order valence-corrected chi connectivity index (χ4v) is 5.12. The molecular formula is C23H28N2O6. The minimum Gasteiger partial charge on any atom is -0.493 e. The Morgan fingerprint density at radius 2 is 1.58 bits per heavy atom. The van der Waals surface area contributed by atoms with E-state index in [1.165, 1.54) is 12.0 Å². The van der Waals surface area contributed by atoms with Gasteiger partial charge >= 0.3 is 0 Å². The molecule has 1 saturated heterocycles. The van der Waals surface area contributed by atoms with Crippen molar-refractivity contribution in [2.24, 2.45) is 23.7 Å². The number of allylic oxidation sites excluding steroid dienone is 2. The third kappa shape index (κ3) is 3.75. The Labute approximate surface area is 181 Å². The fraction of sp³-hybridized carbons (Fsp3) is 0.522. The van der Waals surface area contributed by atoms with Crippen molar-refractivity contribution in [2.75, 3.05) is 34.4 Å². The van der Waals surface area contributed by atoms with E-state index < -0.39 is 0 Å². The standard InChI is InChI=1S/C23H28N2O6/c1-29-16-10-13(11-17(30-2)21(16)31-3)4-7-18(26)24-8-9-25-22(27)19-14-5-6-15(12-14)20(19)23(25)28/h5-6,10-11,14-15,19-20H,4,7-9,12H2,1-3H3,(H,24,26)/t14-,15-,19-,20+/m0/s1. The van der Waals surface area contributed by atoms with E-state index in [0.29, 0.717) is 23.7 Å². The van der Waals surface area contributed by atoms with Crippen molar-refractivity contribution in [3.05, 3.63) is 29.8 Å². The van der Waals surface area contributed by atoms with Crippen molar-refractivity contribution in [1.82, 2.24) is 10.2 Å². The van der Waals surface area contributed by atoms with Gasteiger partial charge in [-0.15, -0.1) is 0 Å². The lowest BCUT2D eigenvalue weighted by Crippen LogP contribution is -2.39. The summed E-state index contributed by atoms with van der Waals surface area (Å²) in [6.07, 6.45) is 5.82. The molecule has 3 aliphatic rings. The third-order valence-electron chi connectivity index (χ3n) is 6.58. The molecule has 2 bridgehead atoms. The van der Waals surface area contributed by atoms with Crippen LogP contribution in [-0.4, -0.2) is 57.0 Å². The molecule has 0 unspecified atom stereocenters. The maximum absolute atomic E-state index is 12.7. The van der Waals surface area contributed by atoms with E-state index in [0.717, 1.165) is 12.0 Å². The van der Waals surface area contributed by atoms with Crippen molar-refractivity contribution >= 4 is 17.7 Å². The van der Waals surface area contributed by atoms with Crippen LogP contribution in [0.3, 0.4) is 0 Å². The molecule has 1 aromatic rings. The second-order valence-corrected chi connectivity index (χ2v) is 8.21. The van der Waals surface area contributed by atoms with Gasteiger partial charge in [0, 0.05) is 19.5 Å². The summed E-state index contributed by atoms with van der Waals surface area (Å²) < 4.78 is 16.0. The van der Waals surface area contributed by atoms with E-state index in [9.17, 15) is 14.4 Å². The van der Waals surface area contributed by atoms with Crippen LogP contribution in [0.5, 0.6) is 17.2 Å². The molecule has 8 heteroatoms. The molecule has 1 aliphatic heterocycles. The van der Waals surface area contributed by atoms with Crippen molar-refractivity contribution in [2.45, 2.75) is 19.3 Å².